The molecule has 2 aromatic heterocycles. The summed E-state index contributed by atoms with van der Waals surface area (Å²) < 4.78 is 11.0. The molecule has 0 N–H and O–H groups in total. The number of benzene rings is 1. The number of ether oxygens (including phenoxy) is 1. The van der Waals surface area contributed by atoms with E-state index >= 15 is 0 Å². The Balaban J connectivity index is 1.90. The van der Waals surface area contributed by atoms with Gasteiger partial charge in [-0.15, -0.1) is 0 Å². The van der Waals surface area contributed by atoms with Crippen LogP contribution >= 0.6 is 0 Å². The van der Waals surface area contributed by atoms with Crippen LogP contribution in [0.1, 0.15) is 13.8 Å². The molecule has 0 fully saturated rings. The molecule has 2 heterocycles. The highest BCUT2D eigenvalue weighted by Crippen LogP contribution is 2.24. The van der Waals surface area contributed by atoms with Crippen LogP contribution in [0, 0.1) is 0 Å². The van der Waals surface area contributed by atoms with Crippen molar-refractivity contribution in [3.63, 3.8) is 0 Å². The molecule has 0 saturated carbocycles. The summed E-state index contributed by atoms with van der Waals surface area (Å²) in [5.74, 6) is 1.70. The molecule has 0 aliphatic heterocycles. The fourth-order valence-electron chi connectivity index (χ4n) is 1.91. The van der Waals surface area contributed by atoms with Crippen LogP contribution in [0.5, 0.6) is 5.75 Å². The highest BCUT2D eigenvalue weighted by Gasteiger charge is 2.12. The second kappa shape index (κ2) is 5.75. The molecule has 0 bridgehead atoms. The van der Waals surface area contributed by atoms with Gasteiger partial charge in [0.25, 0.3) is 5.89 Å². The van der Waals surface area contributed by atoms with Crippen molar-refractivity contribution >= 4 is 0 Å². The van der Waals surface area contributed by atoms with Crippen LogP contribution in [0.4, 0.5) is 0 Å². The van der Waals surface area contributed by atoms with E-state index in [0.29, 0.717) is 17.4 Å². The first kappa shape index (κ1) is 13.3. The number of aromatic nitrogens is 3. The lowest BCUT2D eigenvalue weighted by atomic mass is 10.2. The minimum atomic E-state index is 0.118. The predicted octanol–water partition coefficient (Wildman–Crippen LogP) is 3.59. The molecule has 0 atom stereocenters. The third-order valence-corrected chi connectivity index (χ3v) is 2.77. The van der Waals surface area contributed by atoms with E-state index in [1.54, 1.807) is 6.20 Å². The molecule has 1 aromatic carbocycles. The minimum Gasteiger partial charge on any atom is -0.491 e. The zero-order valence-electron chi connectivity index (χ0n) is 11.9. The number of hydrogen-bond acceptors (Lipinski definition) is 5. The highest BCUT2D eigenvalue weighted by atomic mass is 16.5. The first-order valence-corrected chi connectivity index (χ1v) is 6.74. The zero-order chi connectivity index (χ0) is 14.7. The first-order chi connectivity index (χ1) is 10.2. The molecule has 0 aliphatic carbocycles. The van der Waals surface area contributed by atoms with E-state index in [2.05, 4.69) is 15.1 Å². The topological polar surface area (TPSA) is 61.0 Å². The van der Waals surface area contributed by atoms with Gasteiger partial charge in [-0.05, 0) is 44.2 Å². The molecule has 3 aromatic rings. The van der Waals surface area contributed by atoms with E-state index in [1.807, 2.05) is 56.3 Å². The van der Waals surface area contributed by atoms with E-state index < -0.39 is 0 Å². The molecule has 0 unspecified atom stereocenters. The standard InChI is InChI=1S/C16H15N3O2/c1-11(2)20-13-7-5-6-12(10-13)16-18-15(19-21-16)14-8-3-4-9-17-14/h3-11H,1-2H3. The average Bonchev–Trinajstić information content (AvgIpc) is 2.98. The quantitative estimate of drug-likeness (QED) is 0.731. The van der Waals surface area contributed by atoms with Gasteiger partial charge in [0, 0.05) is 11.8 Å². The molecule has 21 heavy (non-hydrogen) atoms. The zero-order valence-corrected chi connectivity index (χ0v) is 11.9. The summed E-state index contributed by atoms with van der Waals surface area (Å²) in [6.07, 6.45) is 1.81. The van der Waals surface area contributed by atoms with Crippen molar-refractivity contribution in [2.45, 2.75) is 20.0 Å². The Morgan fingerprint density at radius 3 is 2.76 bits per heavy atom. The molecule has 0 saturated heterocycles. The van der Waals surface area contributed by atoms with Gasteiger partial charge in [0.05, 0.1) is 6.10 Å². The van der Waals surface area contributed by atoms with Crippen LogP contribution in [0.3, 0.4) is 0 Å². The average molecular weight is 281 g/mol. The lowest BCUT2D eigenvalue weighted by Gasteiger charge is -2.09. The third-order valence-electron chi connectivity index (χ3n) is 2.77. The van der Waals surface area contributed by atoms with Crippen LogP contribution in [0.25, 0.3) is 23.0 Å². The molecule has 5 heteroatoms. The van der Waals surface area contributed by atoms with Gasteiger partial charge in [-0.3, -0.25) is 4.98 Å². The van der Waals surface area contributed by atoms with Gasteiger partial charge in [0.2, 0.25) is 5.82 Å². The first-order valence-electron chi connectivity index (χ1n) is 6.74. The number of rotatable bonds is 4. The molecular formula is C16H15N3O2. The van der Waals surface area contributed by atoms with Gasteiger partial charge in [0.15, 0.2) is 0 Å². The van der Waals surface area contributed by atoms with E-state index in [1.165, 1.54) is 0 Å². The maximum atomic E-state index is 5.67. The summed E-state index contributed by atoms with van der Waals surface area (Å²) in [6.45, 7) is 3.97. The molecule has 0 spiro atoms. The maximum Gasteiger partial charge on any atom is 0.258 e. The van der Waals surface area contributed by atoms with Crippen molar-refractivity contribution in [2.75, 3.05) is 0 Å². The van der Waals surface area contributed by atoms with Crippen LogP contribution in [-0.2, 0) is 0 Å². The van der Waals surface area contributed by atoms with E-state index in [4.69, 9.17) is 9.26 Å². The normalized spacial score (nSPS) is 10.8. The SMILES string of the molecule is CC(C)Oc1cccc(-c2nc(-c3ccccn3)no2)c1. The lowest BCUT2D eigenvalue weighted by molar-refractivity contribution is 0.242. The Hall–Kier alpha value is -2.69. The summed E-state index contributed by atoms with van der Waals surface area (Å²) in [6, 6.07) is 13.2. The van der Waals surface area contributed by atoms with Crippen molar-refractivity contribution in [3.8, 4) is 28.7 Å². The van der Waals surface area contributed by atoms with Crippen LogP contribution in [-0.4, -0.2) is 21.2 Å². The highest BCUT2D eigenvalue weighted by molar-refractivity contribution is 5.58. The summed E-state index contributed by atoms with van der Waals surface area (Å²) >= 11 is 0. The fraction of sp³-hybridized carbons (Fsp3) is 0.188. The van der Waals surface area contributed by atoms with Crippen LogP contribution in [0.2, 0.25) is 0 Å². The number of nitrogens with zero attached hydrogens (tertiary/aromatic N) is 3. The fourth-order valence-corrected chi connectivity index (χ4v) is 1.91. The van der Waals surface area contributed by atoms with Gasteiger partial charge in [0.1, 0.15) is 11.4 Å². The van der Waals surface area contributed by atoms with Crippen LogP contribution < -0.4 is 4.74 Å². The third kappa shape index (κ3) is 3.08. The Labute approximate surface area is 122 Å². The maximum absolute atomic E-state index is 5.67. The summed E-state index contributed by atoms with van der Waals surface area (Å²) in [5, 5.41) is 3.96. The second-order valence-electron chi connectivity index (χ2n) is 4.83. The summed E-state index contributed by atoms with van der Waals surface area (Å²) in [7, 11) is 0. The number of hydrogen-bond donors (Lipinski definition) is 0. The van der Waals surface area contributed by atoms with E-state index in [9.17, 15) is 0 Å². The molecular weight excluding hydrogens is 266 g/mol. The molecule has 3 rings (SSSR count). The van der Waals surface area contributed by atoms with Gasteiger partial charge in [-0.25, -0.2) is 0 Å². The smallest absolute Gasteiger partial charge is 0.258 e. The van der Waals surface area contributed by atoms with Crippen molar-refractivity contribution < 1.29 is 9.26 Å². The predicted molar refractivity (Wildman–Crippen MR) is 78.7 cm³/mol. The van der Waals surface area contributed by atoms with Crippen LogP contribution in [0.15, 0.2) is 53.2 Å². The number of pyridine rings is 1. The van der Waals surface area contributed by atoms with Gasteiger partial charge in [-0.1, -0.05) is 17.3 Å². The van der Waals surface area contributed by atoms with Crippen molar-refractivity contribution in [1.29, 1.82) is 0 Å². The van der Waals surface area contributed by atoms with Gasteiger partial charge in [-0.2, -0.15) is 4.98 Å². The largest absolute Gasteiger partial charge is 0.491 e. The molecule has 0 aliphatic rings. The Morgan fingerprint density at radius 1 is 1.10 bits per heavy atom. The minimum absolute atomic E-state index is 0.118. The molecule has 0 amide bonds. The molecule has 5 nitrogen and oxygen atoms in total. The molecule has 106 valence electrons. The lowest BCUT2D eigenvalue weighted by Crippen LogP contribution is -2.05. The second-order valence-corrected chi connectivity index (χ2v) is 4.83. The summed E-state index contributed by atoms with van der Waals surface area (Å²) in [4.78, 5) is 8.58. The monoisotopic (exact) mass is 281 g/mol. The Morgan fingerprint density at radius 2 is 2.00 bits per heavy atom. The van der Waals surface area contributed by atoms with Crippen molar-refractivity contribution in [1.82, 2.24) is 15.1 Å². The Bertz CT molecular complexity index is 723. The van der Waals surface area contributed by atoms with E-state index in [0.717, 1.165) is 11.3 Å². The van der Waals surface area contributed by atoms with Gasteiger partial charge < -0.3 is 9.26 Å². The van der Waals surface area contributed by atoms with Crippen molar-refractivity contribution in [2.24, 2.45) is 0 Å². The van der Waals surface area contributed by atoms with Crippen molar-refractivity contribution in [3.05, 3.63) is 48.7 Å². The summed E-state index contributed by atoms with van der Waals surface area (Å²) in [5.41, 5.74) is 1.50. The van der Waals surface area contributed by atoms with E-state index in [-0.39, 0.29) is 6.10 Å². The molecule has 0 radical (unpaired) electrons. The Kier molecular flexibility index (Phi) is 3.64. The van der Waals surface area contributed by atoms with Gasteiger partial charge >= 0.3 is 0 Å².